The Bertz CT molecular complexity index is 1600. The molecule has 0 aliphatic carbocycles. The fourth-order valence-corrected chi connectivity index (χ4v) is 4.93. The van der Waals surface area contributed by atoms with Crippen LogP contribution in [-0.4, -0.2) is 27.1 Å². The normalized spacial score (nSPS) is 12.7. The molecule has 6 nitrogen and oxygen atoms in total. The van der Waals surface area contributed by atoms with E-state index in [2.05, 4.69) is 29.1 Å². The van der Waals surface area contributed by atoms with E-state index < -0.39 is 23.8 Å². The Labute approximate surface area is 238 Å². The van der Waals surface area contributed by atoms with E-state index in [1.807, 2.05) is 0 Å². The molecule has 2 heterocycles. The summed E-state index contributed by atoms with van der Waals surface area (Å²) in [5, 5.41) is 0. The molecule has 1 aliphatic heterocycles. The Hall–Kier alpha value is -4.37. The van der Waals surface area contributed by atoms with Crippen molar-refractivity contribution in [2.75, 3.05) is 6.54 Å². The van der Waals surface area contributed by atoms with Crippen molar-refractivity contribution in [1.29, 1.82) is 0 Å². The number of fused-ring (bicyclic) bond motifs is 1. The summed E-state index contributed by atoms with van der Waals surface area (Å²) < 4.78 is 35.5. The molecule has 1 aliphatic rings. The van der Waals surface area contributed by atoms with Gasteiger partial charge in [0.15, 0.2) is 0 Å². The molecule has 4 aromatic rings. The van der Waals surface area contributed by atoms with Crippen molar-refractivity contribution < 1.29 is 18.3 Å². The van der Waals surface area contributed by atoms with E-state index in [-0.39, 0.29) is 30.9 Å². The van der Waals surface area contributed by atoms with Gasteiger partial charge < -0.3 is 9.64 Å². The molecule has 0 radical (unpaired) electrons. The predicted molar refractivity (Wildman–Crippen MR) is 152 cm³/mol. The van der Waals surface area contributed by atoms with Gasteiger partial charge in [0.05, 0.1) is 18.3 Å². The Morgan fingerprint density at radius 2 is 1.55 bits per heavy atom. The first-order chi connectivity index (χ1) is 19.2. The van der Waals surface area contributed by atoms with E-state index in [9.17, 15) is 18.4 Å². The van der Waals surface area contributed by atoms with Crippen LogP contribution in [0.15, 0.2) is 101 Å². The Morgan fingerprint density at radius 3 is 2.10 bits per heavy atom. The van der Waals surface area contributed by atoms with Crippen molar-refractivity contribution in [2.45, 2.75) is 19.0 Å². The number of ether oxygens (including phenoxy) is 1. The lowest BCUT2D eigenvalue weighted by atomic mass is 9.96. The SMILES string of the molecule is C=CC(=C)c1nc2c(c(=O)n1C(c1ccc(F)cc1)c1ccc(F)cc1)CCN(C(=O)Oc1ccc(Br)cc1)C2. The summed E-state index contributed by atoms with van der Waals surface area (Å²) in [6.45, 7) is 8.16. The van der Waals surface area contributed by atoms with Gasteiger partial charge in [-0.05, 0) is 66.1 Å². The second-order valence-electron chi connectivity index (χ2n) is 9.26. The van der Waals surface area contributed by atoms with Crippen LogP contribution in [-0.2, 0) is 13.0 Å². The molecule has 5 rings (SSSR count). The number of amides is 1. The molecule has 0 unspecified atom stereocenters. The molecule has 0 fully saturated rings. The van der Waals surface area contributed by atoms with Crippen LogP contribution in [0.3, 0.4) is 0 Å². The average Bonchev–Trinajstić information content (AvgIpc) is 2.96. The average molecular weight is 604 g/mol. The standard InChI is InChI=1S/C31H24BrF2N3O3/c1-3-19(2)29-35-27-18-36(31(39)40-25-14-8-22(32)9-15-25)17-16-26(27)30(38)37(29)28(20-4-10-23(33)11-5-20)21-6-12-24(34)13-7-21/h3-15,28H,1-2,16-18H2. The van der Waals surface area contributed by atoms with E-state index in [0.717, 1.165) is 4.47 Å². The largest absolute Gasteiger partial charge is 0.415 e. The van der Waals surface area contributed by atoms with E-state index in [4.69, 9.17) is 9.72 Å². The van der Waals surface area contributed by atoms with E-state index in [1.54, 1.807) is 48.5 Å². The second-order valence-corrected chi connectivity index (χ2v) is 10.2. The highest BCUT2D eigenvalue weighted by atomic mass is 79.9. The van der Waals surface area contributed by atoms with E-state index >= 15 is 0 Å². The van der Waals surface area contributed by atoms with Gasteiger partial charge in [-0.25, -0.2) is 18.6 Å². The number of aromatic nitrogens is 2. The molecule has 1 amide bonds. The number of allylic oxidation sites excluding steroid dienone is 2. The molecule has 0 saturated carbocycles. The molecule has 202 valence electrons. The number of benzene rings is 3. The van der Waals surface area contributed by atoms with Crippen LogP contribution in [0.1, 0.15) is 34.3 Å². The summed E-state index contributed by atoms with van der Waals surface area (Å²) in [4.78, 5) is 33.3. The summed E-state index contributed by atoms with van der Waals surface area (Å²) in [6.07, 6.45) is 1.18. The predicted octanol–water partition coefficient (Wildman–Crippen LogP) is 6.68. The highest BCUT2D eigenvalue weighted by molar-refractivity contribution is 9.10. The van der Waals surface area contributed by atoms with Crippen molar-refractivity contribution in [1.82, 2.24) is 14.5 Å². The zero-order valence-corrected chi connectivity index (χ0v) is 22.9. The van der Waals surface area contributed by atoms with Crippen LogP contribution in [0.2, 0.25) is 0 Å². The first-order valence-corrected chi connectivity index (χ1v) is 13.2. The zero-order valence-electron chi connectivity index (χ0n) is 21.3. The number of carbonyl (C=O) groups excluding carboxylic acids is 1. The van der Waals surface area contributed by atoms with E-state index in [1.165, 1.54) is 39.8 Å². The molecule has 9 heteroatoms. The Balaban J connectivity index is 1.59. The molecule has 0 N–H and O–H groups in total. The lowest BCUT2D eigenvalue weighted by Crippen LogP contribution is -2.43. The van der Waals surface area contributed by atoms with Crippen LogP contribution < -0.4 is 10.3 Å². The summed E-state index contributed by atoms with van der Waals surface area (Å²) >= 11 is 3.35. The smallest absolute Gasteiger partial charge is 0.410 e. The maximum atomic E-state index is 14.1. The van der Waals surface area contributed by atoms with Gasteiger partial charge in [-0.2, -0.15) is 0 Å². The van der Waals surface area contributed by atoms with Gasteiger partial charge in [-0.15, -0.1) is 0 Å². The first kappa shape index (κ1) is 27.2. The van der Waals surface area contributed by atoms with Crippen molar-refractivity contribution in [3.63, 3.8) is 0 Å². The molecular weight excluding hydrogens is 580 g/mol. The van der Waals surface area contributed by atoms with Gasteiger partial charge in [0, 0.05) is 22.2 Å². The van der Waals surface area contributed by atoms with Crippen LogP contribution in [0.5, 0.6) is 5.75 Å². The van der Waals surface area contributed by atoms with Gasteiger partial charge >= 0.3 is 6.09 Å². The Kier molecular flexibility index (Phi) is 7.75. The van der Waals surface area contributed by atoms with Gasteiger partial charge in [0.25, 0.3) is 5.56 Å². The first-order valence-electron chi connectivity index (χ1n) is 12.4. The molecule has 0 atom stereocenters. The molecule has 1 aromatic heterocycles. The minimum Gasteiger partial charge on any atom is -0.410 e. The molecule has 0 bridgehead atoms. The number of hydrogen-bond donors (Lipinski definition) is 0. The summed E-state index contributed by atoms with van der Waals surface area (Å²) in [6, 6.07) is 17.7. The molecular formula is C31H24BrF2N3O3. The topological polar surface area (TPSA) is 64.4 Å². The van der Waals surface area contributed by atoms with Crippen LogP contribution in [0.25, 0.3) is 5.57 Å². The monoisotopic (exact) mass is 603 g/mol. The lowest BCUT2D eigenvalue weighted by molar-refractivity contribution is 0.145. The van der Waals surface area contributed by atoms with Crippen LogP contribution >= 0.6 is 15.9 Å². The fraction of sp³-hybridized carbons (Fsp3) is 0.129. The summed E-state index contributed by atoms with van der Waals surface area (Å²) in [5.74, 6) is -0.225. The number of halogens is 3. The minimum atomic E-state index is -0.751. The van der Waals surface area contributed by atoms with Gasteiger partial charge in [-0.3, -0.25) is 9.36 Å². The van der Waals surface area contributed by atoms with Crippen molar-refractivity contribution in [3.05, 3.63) is 147 Å². The van der Waals surface area contributed by atoms with Gasteiger partial charge in [0.2, 0.25) is 0 Å². The molecule has 0 saturated heterocycles. The summed E-state index contributed by atoms with van der Waals surface area (Å²) in [5.41, 5.74) is 2.12. The van der Waals surface area contributed by atoms with Crippen LogP contribution in [0, 0.1) is 11.6 Å². The number of rotatable bonds is 6. The zero-order chi connectivity index (χ0) is 28.4. The molecule has 0 spiro atoms. The summed E-state index contributed by atoms with van der Waals surface area (Å²) in [7, 11) is 0. The highest BCUT2D eigenvalue weighted by Gasteiger charge is 2.30. The number of carbonyl (C=O) groups is 1. The third-order valence-electron chi connectivity index (χ3n) is 6.71. The minimum absolute atomic E-state index is 0.0654. The van der Waals surface area contributed by atoms with Gasteiger partial charge in [-0.1, -0.05) is 59.4 Å². The Morgan fingerprint density at radius 1 is 0.975 bits per heavy atom. The second kappa shape index (κ2) is 11.4. The number of nitrogens with zero attached hydrogens (tertiary/aromatic N) is 3. The molecule has 3 aromatic carbocycles. The lowest BCUT2D eigenvalue weighted by Gasteiger charge is -2.30. The third-order valence-corrected chi connectivity index (χ3v) is 7.24. The third kappa shape index (κ3) is 5.51. The van der Waals surface area contributed by atoms with Crippen molar-refractivity contribution >= 4 is 27.6 Å². The maximum absolute atomic E-state index is 14.1. The molecule has 40 heavy (non-hydrogen) atoms. The van der Waals surface area contributed by atoms with Crippen LogP contribution in [0.4, 0.5) is 13.6 Å². The quantitative estimate of drug-likeness (QED) is 0.231. The van der Waals surface area contributed by atoms with Gasteiger partial charge in [0.1, 0.15) is 23.2 Å². The van der Waals surface area contributed by atoms with Crippen molar-refractivity contribution in [2.24, 2.45) is 0 Å². The number of hydrogen-bond acceptors (Lipinski definition) is 4. The fourth-order valence-electron chi connectivity index (χ4n) is 4.66. The highest BCUT2D eigenvalue weighted by Crippen LogP contribution is 2.30. The van der Waals surface area contributed by atoms with Crippen molar-refractivity contribution in [3.8, 4) is 5.75 Å². The maximum Gasteiger partial charge on any atom is 0.415 e. The van der Waals surface area contributed by atoms with E-state index in [0.29, 0.717) is 33.7 Å².